The van der Waals surface area contributed by atoms with E-state index in [0.717, 1.165) is 11.3 Å². The lowest BCUT2D eigenvalue weighted by atomic mass is 9.96. The van der Waals surface area contributed by atoms with Crippen molar-refractivity contribution in [2.45, 2.75) is 13.3 Å². The first-order valence-corrected chi connectivity index (χ1v) is 7.26. The number of hydrogen-bond donors (Lipinski definition) is 1. The highest BCUT2D eigenvalue weighted by Crippen LogP contribution is 2.27. The number of fused-ring (bicyclic) bond motifs is 1. The van der Waals surface area contributed by atoms with Gasteiger partial charge < -0.3 is 10.1 Å². The van der Waals surface area contributed by atoms with E-state index >= 15 is 0 Å². The second-order valence-corrected chi connectivity index (χ2v) is 5.45. The topological polar surface area (TPSA) is 55.4 Å². The molecular formula is C18H17NO3. The third-order valence-corrected chi connectivity index (χ3v) is 3.79. The Bertz CT molecular complexity index is 724. The number of amides is 1. The molecule has 1 heterocycles. The van der Waals surface area contributed by atoms with Gasteiger partial charge >= 0.3 is 0 Å². The molecule has 1 aliphatic heterocycles. The van der Waals surface area contributed by atoms with Gasteiger partial charge in [0.1, 0.15) is 12.4 Å². The van der Waals surface area contributed by atoms with Crippen molar-refractivity contribution in [1.82, 2.24) is 0 Å². The van der Waals surface area contributed by atoms with Crippen LogP contribution in [0.4, 0.5) is 5.69 Å². The predicted molar refractivity (Wildman–Crippen MR) is 84.2 cm³/mol. The first kappa shape index (κ1) is 14.3. The highest BCUT2D eigenvalue weighted by Gasteiger charge is 2.25. The maximum absolute atomic E-state index is 12.4. The number of anilines is 1. The smallest absolute Gasteiger partial charge is 0.231 e. The van der Waals surface area contributed by atoms with Crippen molar-refractivity contribution in [3.05, 3.63) is 59.7 Å². The Labute approximate surface area is 129 Å². The number of carbonyl (C=O) groups excluding carboxylic acids is 2. The second-order valence-electron chi connectivity index (χ2n) is 5.45. The molecule has 0 saturated carbocycles. The van der Waals surface area contributed by atoms with Gasteiger partial charge in [-0.1, -0.05) is 30.3 Å². The Hall–Kier alpha value is -2.62. The largest absolute Gasteiger partial charge is 0.492 e. The molecule has 0 bridgehead atoms. The summed E-state index contributed by atoms with van der Waals surface area (Å²) in [6.07, 6.45) is 0.661. The lowest BCUT2D eigenvalue weighted by molar-refractivity contribution is -0.121. The standard InChI is InChI=1S/C18H17NO3/c1-12(20)13-6-4-7-16(10-13)19-18(21)15-9-14-5-2-3-8-17(14)22-11-15/h2-8,10,15H,9,11H2,1H3,(H,19,21). The first-order chi connectivity index (χ1) is 10.6. The molecule has 3 rings (SSSR count). The highest BCUT2D eigenvalue weighted by atomic mass is 16.5. The molecule has 0 fully saturated rings. The summed E-state index contributed by atoms with van der Waals surface area (Å²) in [5, 5.41) is 2.87. The van der Waals surface area contributed by atoms with Gasteiger partial charge in [0, 0.05) is 11.3 Å². The minimum Gasteiger partial charge on any atom is -0.492 e. The van der Waals surface area contributed by atoms with Crippen LogP contribution in [0.5, 0.6) is 5.75 Å². The molecule has 0 aliphatic carbocycles. The molecule has 2 aromatic carbocycles. The average Bonchev–Trinajstić information content (AvgIpc) is 2.54. The van der Waals surface area contributed by atoms with E-state index in [2.05, 4.69) is 5.32 Å². The Morgan fingerprint density at radius 3 is 2.77 bits per heavy atom. The van der Waals surface area contributed by atoms with E-state index in [9.17, 15) is 9.59 Å². The minimum absolute atomic E-state index is 0.0222. The molecule has 2 aromatic rings. The number of para-hydroxylation sites is 1. The molecule has 4 heteroatoms. The van der Waals surface area contributed by atoms with Crippen LogP contribution in [-0.4, -0.2) is 18.3 Å². The summed E-state index contributed by atoms with van der Waals surface area (Å²) in [5.41, 5.74) is 2.27. The van der Waals surface area contributed by atoms with Gasteiger partial charge in [-0.25, -0.2) is 0 Å². The van der Waals surface area contributed by atoms with Crippen LogP contribution in [0.15, 0.2) is 48.5 Å². The summed E-state index contributed by atoms with van der Waals surface area (Å²) in [5.74, 6) is 0.516. The van der Waals surface area contributed by atoms with E-state index < -0.39 is 0 Å². The lowest BCUT2D eigenvalue weighted by Gasteiger charge is -2.24. The normalized spacial score (nSPS) is 16.3. The van der Waals surface area contributed by atoms with Crippen LogP contribution in [0.3, 0.4) is 0 Å². The zero-order valence-electron chi connectivity index (χ0n) is 12.3. The molecule has 112 valence electrons. The number of nitrogens with one attached hydrogen (secondary N) is 1. The molecule has 0 radical (unpaired) electrons. The first-order valence-electron chi connectivity index (χ1n) is 7.26. The summed E-state index contributed by atoms with van der Waals surface area (Å²) in [4.78, 5) is 23.8. The summed E-state index contributed by atoms with van der Waals surface area (Å²) in [7, 11) is 0. The maximum Gasteiger partial charge on any atom is 0.231 e. The van der Waals surface area contributed by atoms with Crippen LogP contribution in [0, 0.1) is 5.92 Å². The number of hydrogen-bond acceptors (Lipinski definition) is 3. The Morgan fingerprint density at radius 1 is 1.14 bits per heavy atom. The van der Waals surface area contributed by atoms with Gasteiger partial charge in [-0.3, -0.25) is 9.59 Å². The van der Waals surface area contributed by atoms with Crippen LogP contribution < -0.4 is 10.1 Å². The van der Waals surface area contributed by atoms with E-state index in [1.54, 1.807) is 24.3 Å². The number of Topliss-reactive ketones (excluding diaryl/α,β-unsaturated/α-hetero) is 1. The fraction of sp³-hybridized carbons (Fsp3) is 0.222. The van der Waals surface area contributed by atoms with Crippen LogP contribution in [-0.2, 0) is 11.2 Å². The SMILES string of the molecule is CC(=O)c1cccc(NC(=O)C2COc3ccccc3C2)c1. The third-order valence-electron chi connectivity index (χ3n) is 3.79. The van der Waals surface area contributed by atoms with Crippen molar-refractivity contribution in [2.24, 2.45) is 5.92 Å². The van der Waals surface area contributed by atoms with Crippen molar-refractivity contribution in [3.63, 3.8) is 0 Å². The number of ether oxygens (including phenoxy) is 1. The van der Waals surface area contributed by atoms with Crippen molar-refractivity contribution < 1.29 is 14.3 Å². The molecule has 1 amide bonds. The van der Waals surface area contributed by atoms with Crippen LogP contribution in [0.2, 0.25) is 0 Å². The molecule has 22 heavy (non-hydrogen) atoms. The summed E-state index contributed by atoms with van der Waals surface area (Å²) in [6.45, 7) is 1.88. The van der Waals surface area contributed by atoms with E-state index in [4.69, 9.17) is 4.74 Å². The molecule has 0 aromatic heterocycles. The van der Waals surface area contributed by atoms with Crippen LogP contribution >= 0.6 is 0 Å². The van der Waals surface area contributed by atoms with Gasteiger partial charge in [0.25, 0.3) is 0 Å². The monoisotopic (exact) mass is 295 g/mol. The van der Waals surface area contributed by atoms with Crippen molar-refractivity contribution in [3.8, 4) is 5.75 Å². The molecule has 1 N–H and O–H groups in total. The van der Waals surface area contributed by atoms with Gasteiger partial charge in [-0.2, -0.15) is 0 Å². The van der Waals surface area contributed by atoms with E-state index in [0.29, 0.717) is 24.3 Å². The third kappa shape index (κ3) is 3.01. The summed E-state index contributed by atoms with van der Waals surface area (Å²) in [6, 6.07) is 14.7. The predicted octanol–water partition coefficient (Wildman–Crippen LogP) is 3.08. The lowest BCUT2D eigenvalue weighted by Crippen LogP contribution is -2.32. The zero-order chi connectivity index (χ0) is 15.5. The van der Waals surface area contributed by atoms with Crippen LogP contribution in [0.25, 0.3) is 0 Å². The molecule has 1 unspecified atom stereocenters. The van der Waals surface area contributed by atoms with Crippen molar-refractivity contribution in [1.29, 1.82) is 0 Å². The highest BCUT2D eigenvalue weighted by molar-refractivity contribution is 5.97. The van der Waals surface area contributed by atoms with Gasteiger partial charge in [0.15, 0.2) is 5.78 Å². The summed E-state index contributed by atoms with van der Waals surface area (Å²) >= 11 is 0. The number of benzene rings is 2. The van der Waals surface area contributed by atoms with E-state index in [1.807, 2.05) is 24.3 Å². The fourth-order valence-corrected chi connectivity index (χ4v) is 2.56. The Morgan fingerprint density at radius 2 is 1.95 bits per heavy atom. The molecule has 1 atom stereocenters. The number of ketones is 1. The van der Waals surface area contributed by atoms with E-state index in [1.165, 1.54) is 6.92 Å². The number of carbonyl (C=O) groups is 2. The second kappa shape index (κ2) is 6.02. The minimum atomic E-state index is -0.226. The summed E-state index contributed by atoms with van der Waals surface area (Å²) < 4.78 is 5.64. The van der Waals surface area contributed by atoms with Gasteiger partial charge in [-0.05, 0) is 37.1 Å². The Balaban J connectivity index is 1.71. The van der Waals surface area contributed by atoms with Gasteiger partial charge in [-0.15, -0.1) is 0 Å². The number of rotatable bonds is 3. The van der Waals surface area contributed by atoms with E-state index in [-0.39, 0.29) is 17.6 Å². The van der Waals surface area contributed by atoms with Gasteiger partial charge in [0.2, 0.25) is 5.91 Å². The van der Waals surface area contributed by atoms with Crippen LogP contribution in [0.1, 0.15) is 22.8 Å². The fourth-order valence-electron chi connectivity index (χ4n) is 2.56. The molecule has 4 nitrogen and oxygen atoms in total. The quantitative estimate of drug-likeness (QED) is 0.885. The van der Waals surface area contributed by atoms with Crippen molar-refractivity contribution in [2.75, 3.05) is 11.9 Å². The van der Waals surface area contributed by atoms with Gasteiger partial charge in [0.05, 0.1) is 5.92 Å². The molecule has 0 saturated heterocycles. The zero-order valence-corrected chi connectivity index (χ0v) is 12.3. The molecule has 0 spiro atoms. The van der Waals surface area contributed by atoms with Crippen molar-refractivity contribution >= 4 is 17.4 Å². The molecular weight excluding hydrogens is 278 g/mol. The Kier molecular flexibility index (Phi) is 3.92. The maximum atomic E-state index is 12.4. The molecule has 1 aliphatic rings. The average molecular weight is 295 g/mol.